The molecule has 0 radical (unpaired) electrons. The highest BCUT2D eigenvalue weighted by Gasteiger charge is 2.18. The molecule has 0 spiro atoms. The molecule has 0 saturated carbocycles. The second kappa shape index (κ2) is 6.03. The Morgan fingerprint density at radius 1 is 1.39 bits per heavy atom. The zero-order valence-electron chi connectivity index (χ0n) is 10.6. The maximum atomic E-state index is 6.07. The van der Waals surface area contributed by atoms with Gasteiger partial charge in [-0.3, -0.25) is 4.98 Å². The summed E-state index contributed by atoms with van der Waals surface area (Å²) >= 11 is 6.07. The van der Waals surface area contributed by atoms with Gasteiger partial charge in [0.2, 0.25) is 0 Å². The standard InChI is InChI=1S/C14H17ClN2O/c1-3-7-16-13(12-6-8-18-14(12)15)11-5-4-10(2)17-9-11/h4-6,8-9,13,16H,3,7H2,1-2H3. The van der Waals surface area contributed by atoms with Gasteiger partial charge in [0.15, 0.2) is 5.22 Å². The van der Waals surface area contributed by atoms with Crippen molar-refractivity contribution in [1.82, 2.24) is 10.3 Å². The molecular weight excluding hydrogens is 248 g/mol. The van der Waals surface area contributed by atoms with Gasteiger partial charge in [-0.25, -0.2) is 0 Å². The summed E-state index contributed by atoms with van der Waals surface area (Å²) in [6, 6.07) is 6.00. The van der Waals surface area contributed by atoms with Crippen molar-refractivity contribution in [3.63, 3.8) is 0 Å². The van der Waals surface area contributed by atoms with Crippen molar-refractivity contribution in [2.75, 3.05) is 6.54 Å². The number of nitrogens with zero attached hydrogens (tertiary/aromatic N) is 1. The Morgan fingerprint density at radius 2 is 2.22 bits per heavy atom. The monoisotopic (exact) mass is 264 g/mol. The lowest BCUT2D eigenvalue weighted by molar-refractivity contribution is 0.550. The van der Waals surface area contributed by atoms with Crippen LogP contribution in [0, 0.1) is 6.92 Å². The topological polar surface area (TPSA) is 38.1 Å². The van der Waals surface area contributed by atoms with Gasteiger partial charge in [0, 0.05) is 17.5 Å². The average molecular weight is 265 g/mol. The van der Waals surface area contributed by atoms with Crippen molar-refractivity contribution >= 4 is 11.6 Å². The van der Waals surface area contributed by atoms with E-state index in [0.717, 1.165) is 29.8 Å². The Labute approximate surface area is 112 Å². The summed E-state index contributed by atoms with van der Waals surface area (Å²) in [7, 11) is 0. The van der Waals surface area contributed by atoms with Gasteiger partial charge in [0.05, 0.1) is 12.3 Å². The first-order valence-corrected chi connectivity index (χ1v) is 6.49. The minimum absolute atomic E-state index is 0.0318. The number of aromatic nitrogens is 1. The highest BCUT2D eigenvalue weighted by atomic mass is 35.5. The molecule has 2 aromatic rings. The molecule has 96 valence electrons. The number of nitrogens with one attached hydrogen (secondary N) is 1. The Hall–Kier alpha value is -1.32. The van der Waals surface area contributed by atoms with E-state index in [2.05, 4.69) is 23.3 Å². The Balaban J connectivity index is 2.30. The van der Waals surface area contributed by atoms with Crippen LogP contribution in [0.15, 0.2) is 35.1 Å². The predicted octanol–water partition coefficient (Wildman–Crippen LogP) is 3.73. The van der Waals surface area contributed by atoms with Crippen molar-refractivity contribution in [2.24, 2.45) is 0 Å². The second-order valence-electron chi connectivity index (χ2n) is 4.27. The fourth-order valence-electron chi connectivity index (χ4n) is 1.86. The van der Waals surface area contributed by atoms with E-state index in [0.29, 0.717) is 5.22 Å². The van der Waals surface area contributed by atoms with E-state index in [1.165, 1.54) is 0 Å². The molecule has 0 saturated heterocycles. The zero-order chi connectivity index (χ0) is 13.0. The van der Waals surface area contributed by atoms with Crippen LogP contribution >= 0.6 is 11.6 Å². The van der Waals surface area contributed by atoms with Gasteiger partial charge in [0.1, 0.15) is 0 Å². The van der Waals surface area contributed by atoms with Crippen LogP contribution in [0.5, 0.6) is 0 Å². The van der Waals surface area contributed by atoms with E-state index in [1.807, 2.05) is 25.3 Å². The van der Waals surface area contributed by atoms with Crippen LogP contribution in [-0.4, -0.2) is 11.5 Å². The van der Waals surface area contributed by atoms with Crippen LogP contribution in [0.3, 0.4) is 0 Å². The highest BCUT2D eigenvalue weighted by molar-refractivity contribution is 6.29. The SMILES string of the molecule is CCCNC(c1ccc(C)nc1)c1ccoc1Cl. The summed E-state index contributed by atoms with van der Waals surface area (Å²) in [6.07, 6.45) is 4.55. The summed E-state index contributed by atoms with van der Waals surface area (Å²) in [5.74, 6) is 0. The van der Waals surface area contributed by atoms with Gasteiger partial charge in [-0.15, -0.1) is 0 Å². The molecule has 4 heteroatoms. The van der Waals surface area contributed by atoms with Gasteiger partial charge in [-0.1, -0.05) is 13.0 Å². The highest BCUT2D eigenvalue weighted by Crippen LogP contribution is 2.28. The number of pyridine rings is 1. The number of furan rings is 1. The summed E-state index contributed by atoms with van der Waals surface area (Å²) in [4.78, 5) is 4.33. The lowest BCUT2D eigenvalue weighted by Gasteiger charge is -2.17. The van der Waals surface area contributed by atoms with Crippen molar-refractivity contribution in [2.45, 2.75) is 26.3 Å². The molecule has 3 nitrogen and oxygen atoms in total. The van der Waals surface area contributed by atoms with Crippen LogP contribution in [0.1, 0.15) is 36.2 Å². The largest absolute Gasteiger partial charge is 0.453 e. The molecule has 0 aromatic carbocycles. The third-order valence-electron chi connectivity index (χ3n) is 2.82. The van der Waals surface area contributed by atoms with Crippen LogP contribution < -0.4 is 5.32 Å². The molecule has 2 heterocycles. The number of halogens is 1. The van der Waals surface area contributed by atoms with Gasteiger partial charge >= 0.3 is 0 Å². The van der Waals surface area contributed by atoms with E-state index >= 15 is 0 Å². The van der Waals surface area contributed by atoms with Crippen molar-refractivity contribution < 1.29 is 4.42 Å². The average Bonchev–Trinajstić information content (AvgIpc) is 2.78. The van der Waals surface area contributed by atoms with Gasteiger partial charge in [-0.2, -0.15) is 0 Å². The second-order valence-corrected chi connectivity index (χ2v) is 4.61. The maximum Gasteiger partial charge on any atom is 0.198 e. The van der Waals surface area contributed by atoms with Gasteiger partial charge in [-0.05, 0) is 49.2 Å². The molecule has 0 fully saturated rings. The number of hydrogen-bond acceptors (Lipinski definition) is 3. The first kappa shape index (κ1) is 13.1. The molecule has 2 aromatic heterocycles. The first-order valence-electron chi connectivity index (χ1n) is 6.11. The number of hydrogen-bond donors (Lipinski definition) is 1. The minimum atomic E-state index is 0.0318. The molecule has 0 amide bonds. The molecule has 1 atom stereocenters. The Morgan fingerprint density at radius 3 is 2.78 bits per heavy atom. The van der Waals surface area contributed by atoms with Crippen LogP contribution in [-0.2, 0) is 0 Å². The molecule has 0 aliphatic rings. The number of aryl methyl sites for hydroxylation is 1. The van der Waals surface area contributed by atoms with Crippen LogP contribution in [0.2, 0.25) is 5.22 Å². The van der Waals surface area contributed by atoms with Crippen LogP contribution in [0.4, 0.5) is 0 Å². The summed E-state index contributed by atoms with van der Waals surface area (Å²) in [5, 5.41) is 3.90. The van der Waals surface area contributed by atoms with Gasteiger partial charge in [0.25, 0.3) is 0 Å². The molecule has 0 aliphatic heterocycles. The molecule has 0 aliphatic carbocycles. The zero-order valence-corrected chi connectivity index (χ0v) is 11.4. The quantitative estimate of drug-likeness (QED) is 0.894. The molecule has 1 unspecified atom stereocenters. The molecule has 1 N–H and O–H groups in total. The van der Waals surface area contributed by atoms with E-state index in [9.17, 15) is 0 Å². The Bertz CT molecular complexity index is 493. The third kappa shape index (κ3) is 2.92. The van der Waals surface area contributed by atoms with Crippen molar-refractivity contribution in [3.8, 4) is 0 Å². The van der Waals surface area contributed by atoms with Crippen molar-refractivity contribution in [1.29, 1.82) is 0 Å². The molecule has 18 heavy (non-hydrogen) atoms. The Kier molecular flexibility index (Phi) is 4.39. The van der Waals surface area contributed by atoms with Gasteiger partial charge < -0.3 is 9.73 Å². The fraction of sp³-hybridized carbons (Fsp3) is 0.357. The lowest BCUT2D eigenvalue weighted by Crippen LogP contribution is -2.23. The normalized spacial score (nSPS) is 12.6. The third-order valence-corrected chi connectivity index (χ3v) is 3.13. The maximum absolute atomic E-state index is 6.07. The first-order chi connectivity index (χ1) is 8.72. The fourth-order valence-corrected chi connectivity index (χ4v) is 2.08. The van der Waals surface area contributed by atoms with E-state index < -0.39 is 0 Å². The summed E-state index contributed by atoms with van der Waals surface area (Å²) in [6.45, 7) is 5.03. The molecule has 2 rings (SSSR count). The minimum Gasteiger partial charge on any atom is -0.453 e. The molecule has 0 bridgehead atoms. The predicted molar refractivity (Wildman–Crippen MR) is 72.8 cm³/mol. The lowest BCUT2D eigenvalue weighted by atomic mass is 10.0. The van der Waals surface area contributed by atoms with E-state index in [4.69, 9.17) is 16.0 Å². The summed E-state index contributed by atoms with van der Waals surface area (Å²) < 4.78 is 5.18. The summed E-state index contributed by atoms with van der Waals surface area (Å²) in [5.41, 5.74) is 3.06. The van der Waals surface area contributed by atoms with E-state index in [-0.39, 0.29) is 6.04 Å². The van der Waals surface area contributed by atoms with Crippen LogP contribution in [0.25, 0.3) is 0 Å². The smallest absolute Gasteiger partial charge is 0.198 e. The molecular formula is C14H17ClN2O. The van der Waals surface area contributed by atoms with E-state index in [1.54, 1.807) is 6.26 Å². The number of rotatable bonds is 5. The van der Waals surface area contributed by atoms with Crippen molar-refractivity contribution in [3.05, 3.63) is 52.7 Å².